The Morgan fingerprint density at radius 1 is 1.13 bits per heavy atom. The lowest BCUT2D eigenvalue weighted by atomic mass is 9.80. The molecule has 0 bridgehead atoms. The summed E-state index contributed by atoms with van der Waals surface area (Å²) in [5.41, 5.74) is 6.85. The number of para-hydroxylation sites is 1. The van der Waals surface area contributed by atoms with Gasteiger partial charge in [-0.1, -0.05) is 12.1 Å². The molecule has 4 rings (SSSR count). The van der Waals surface area contributed by atoms with E-state index in [9.17, 15) is 4.39 Å². The van der Waals surface area contributed by atoms with Crippen LogP contribution in [-0.4, -0.2) is 30.8 Å². The van der Waals surface area contributed by atoms with Gasteiger partial charge in [0.15, 0.2) is 5.82 Å². The predicted octanol–water partition coefficient (Wildman–Crippen LogP) is 2.07. The molecule has 0 spiro atoms. The molecule has 1 aliphatic rings. The van der Waals surface area contributed by atoms with E-state index >= 15 is 0 Å². The number of hydrogen-bond acceptors (Lipinski definition) is 5. The zero-order valence-electron chi connectivity index (χ0n) is 12.3. The Labute approximate surface area is 132 Å². The van der Waals surface area contributed by atoms with Crippen molar-refractivity contribution in [3.63, 3.8) is 0 Å². The molecule has 0 radical (unpaired) electrons. The summed E-state index contributed by atoms with van der Waals surface area (Å²) >= 11 is 0. The highest BCUT2D eigenvalue weighted by molar-refractivity contribution is 5.53. The minimum atomic E-state index is -0.331. The van der Waals surface area contributed by atoms with Crippen LogP contribution in [0.3, 0.4) is 0 Å². The molecule has 2 aromatic heterocycles. The highest BCUT2D eigenvalue weighted by Gasteiger charge is 2.33. The molecule has 0 aliphatic heterocycles. The van der Waals surface area contributed by atoms with Crippen molar-refractivity contribution in [3.8, 4) is 17.2 Å². The van der Waals surface area contributed by atoms with Crippen molar-refractivity contribution in [2.75, 3.05) is 0 Å². The van der Waals surface area contributed by atoms with Gasteiger partial charge in [0, 0.05) is 24.4 Å². The molecule has 23 heavy (non-hydrogen) atoms. The zero-order valence-corrected chi connectivity index (χ0v) is 12.3. The van der Waals surface area contributed by atoms with E-state index in [0.29, 0.717) is 17.2 Å². The third-order valence-corrected chi connectivity index (χ3v) is 4.11. The molecule has 0 unspecified atom stereocenters. The van der Waals surface area contributed by atoms with Crippen LogP contribution < -0.4 is 5.73 Å². The predicted molar refractivity (Wildman–Crippen MR) is 82.3 cm³/mol. The van der Waals surface area contributed by atoms with Crippen LogP contribution in [0.4, 0.5) is 4.39 Å². The normalized spacial score (nSPS) is 20.3. The topological polar surface area (TPSA) is 82.5 Å². The third-order valence-electron chi connectivity index (χ3n) is 4.11. The Morgan fingerprint density at radius 3 is 2.65 bits per heavy atom. The van der Waals surface area contributed by atoms with Crippen molar-refractivity contribution < 1.29 is 4.39 Å². The SMILES string of the molecule is N[C@H]1C[C@H](c2nnc(-c3cnccn3)n2-c2ccccc2F)C1. The van der Waals surface area contributed by atoms with E-state index in [4.69, 9.17) is 5.73 Å². The summed E-state index contributed by atoms with van der Waals surface area (Å²) in [7, 11) is 0. The lowest BCUT2D eigenvalue weighted by Gasteiger charge is -2.31. The van der Waals surface area contributed by atoms with Gasteiger partial charge in [-0.3, -0.25) is 9.55 Å². The Kier molecular flexibility index (Phi) is 3.34. The summed E-state index contributed by atoms with van der Waals surface area (Å²) in [6, 6.07) is 6.75. The first kappa shape index (κ1) is 14.0. The van der Waals surface area contributed by atoms with Gasteiger partial charge < -0.3 is 5.73 Å². The second kappa shape index (κ2) is 5.51. The lowest BCUT2D eigenvalue weighted by Crippen LogP contribution is -2.36. The molecule has 0 saturated heterocycles. The first-order valence-corrected chi connectivity index (χ1v) is 7.46. The number of rotatable bonds is 3. The molecule has 1 fully saturated rings. The minimum absolute atomic E-state index is 0.172. The van der Waals surface area contributed by atoms with Crippen LogP contribution in [0.2, 0.25) is 0 Å². The van der Waals surface area contributed by atoms with Gasteiger partial charge in [-0.25, -0.2) is 9.37 Å². The van der Waals surface area contributed by atoms with Crippen LogP contribution in [-0.2, 0) is 0 Å². The summed E-state index contributed by atoms with van der Waals surface area (Å²) in [5, 5.41) is 8.52. The van der Waals surface area contributed by atoms with Crippen LogP contribution in [0.5, 0.6) is 0 Å². The number of hydrogen-bond donors (Lipinski definition) is 1. The van der Waals surface area contributed by atoms with Gasteiger partial charge >= 0.3 is 0 Å². The van der Waals surface area contributed by atoms with E-state index in [2.05, 4.69) is 20.2 Å². The molecule has 1 aliphatic carbocycles. The summed E-state index contributed by atoms with van der Waals surface area (Å²) in [6.45, 7) is 0. The molecule has 0 amide bonds. The van der Waals surface area contributed by atoms with Crippen LogP contribution in [0.1, 0.15) is 24.6 Å². The van der Waals surface area contributed by atoms with Crippen LogP contribution in [0, 0.1) is 5.82 Å². The van der Waals surface area contributed by atoms with Gasteiger partial charge in [0.25, 0.3) is 0 Å². The fourth-order valence-corrected chi connectivity index (χ4v) is 2.88. The molecule has 2 heterocycles. The van der Waals surface area contributed by atoms with E-state index in [1.165, 1.54) is 6.07 Å². The summed E-state index contributed by atoms with van der Waals surface area (Å²) in [6.07, 6.45) is 6.41. The van der Waals surface area contributed by atoms with Gasteiger partial charge in [-0.15, -0.1) is 10.2 Å². The molecule has 0 atom stereocenters. The Bertz CT molecular complexity index is 826. The van der Waals surface area contributed by atoms with Gasteiger partial charge in [-0.05, 0) is 25.0 Å². The van der Waals surface area contributed by atoms with Crippen molar-refractivity contribution in [1.82, 2.24) is 24.7 Å². The van der Waals surface area contributed by atoms with Crippen molar-refractivity contribution in [2.24, 2.45) is 5.73 Å². The molecule has 116 valence electrons. The highest BCUT2D eigenvalue weighted by atomic mass is 19.1. The number of nitrogens with two attached hydrogens (primary N) is 1. The van der Waals surface area contributed by atoms with Crippen molar-refractivity contribution in [1.29, 1.82) is 0 Å². The van der Waals surface area contributed by atoms with E-state index in [1.807, 2.05) is 0 Å². The first-order valence-electron chi connectivity index (χ1n) is 7.46. The van der Waals surface area contributed by atoms with Crippen molar-refractivity contribution in [2.45, 2.75) is 24.8 Å². The Hall–Kier alpha value is -2.67. The largest absolute Gasteiger partial charge is 0.328 e. The monoisotopic (exact) mass is 310 g/mol. The fraction of sp³-hybridized carbons (Fsp3) is 0.250. The molecule has 1 aromatic carbocycles. The third kappa shape index (κ3) is 2.39. The van der Waals surface area contributed by atoms with E-state index in [-0.39, 0.29) is 17.8 Å². The quantitative estimate of drug-likeness (QED) is 0.800. The maximum atomic E-state index is 14.4. The minimum Gasteiger partial charge on any atom is -0.328 e. The number of halogens is 1. The number of benzene rings is 1. The average molecular weight is 310 g/mol. The molecule has 3 aromatic rings. The van der Waals surface area contributed by atoms with Crippen molar-refractivity contribution in [3.05, 3.63) is 54.5 Å². The summed E-state index contributed by atoms with van der Waals surface area (Å²) in [4.78, 5) is 8.32. The average Bonchev–Trinajstić information content (AvgIpc) is 2.97. The van der Waals surface area contributed by atoms with Gasteiger partial charge in [0.1, 0.15) is 17.3 Å². The first-order chi connectivity index (χ1) is 11.2. The molecule has 7 heteroatoms. The van der Waals surface area contributed by atoms with Gasteiger partial charge in [0.05, 0.1) is 11.9 Å². The maximum absolute atomic E-state index is 14.4. The molecule has 1 saturated carbocycles. The lowest BCUT2D eigenvalue weighted by molar-refractivity contribution is 0.334. The van der Waals surface area contributed by atoms with E-state index in [1.54, 1.807) is 41.4 Å². The molecule has 2 N–H and O–H groups in total. The molecular weight excluding hydrogens is 295 g/mol. The van der Waals surface area contributed by atoms with E-state index < -0.39 is 0 Å². The van der Waals surface area contributed by atoms with Crippen LogP contribution in [0.15, 0.2) is 42.9 Å². The van der Waals surface area contributed by atoms with Crippen LogP contribution in [0.25, 0.3) is 17.2 Å². The van der Waals surface area contributed by atoms with Crippen LogP contribution >= 0.6 is 0 Å². The summed E-state index contributed by atoms with van der Waals surface area (Å²) < 4.78 is 16.1. The standard InChI is InChI=1S/C16H15FN6/c17-12-3-1-2-4-14(12)23-15(10-7-11(18)8-10)21-22-16(23)13-9-19-5-6-20-13/h1-6,9-11H,7-8,18H2/t10-,11-. The van der Waals surface area contributed by atoms with Gasteiger partial charge in [0.2, 0.25) is 0 Å². The Morgan fingerprint density at radius 2 is 1.96 bits per heavy atom. The maximum Gasteiger partial charge on any atom is 0.188 e. The highest BCUT2D eigenvalue weighted by Crippen LogP contribution is 2.37. The summed E-state index contributed by atoms with van der Waals surface area (Å²) in [5.74, 6) is 1.06. The van der Waals surface area contributed by atoms with Crippen molar-refractivity contribution >= 4 is 0 Å². The zero-order chi connectivity index (χ0) is 15.8. The second-order valence-electron chi connectivity index (χ2n) is 5.69. The van der Waals surface area contributed by atoms with Gasteiger partial charge in [-0.2, -0.15) is 0 Å². The number of nitrogens with zero attached hydrogens (tertiary/aromatic N) is 5. The smallest absolute Gasteiger partial charge is 0.188 e. The van der Waals surface area contributed by atoms with E-state index in [0.717, 1.165) is 18.7 Å². The molecule has 6 nitrogen and oxygen atoms in total. The Balaban J connectivity index is 1.89. The second-order valence-corrected chi connectivity index (χ2v) is 5.69. The fourth-order valence-electron chi connectivity index (χ4n) is 2.88. The molecular formula is C16H15FN6. The number of aromatic nitrogens is 5.